The fourth-order valence-corrected chi connectivity index (χ4v) is 1.43. The van der Waals surface area contributed by atoms with Gasteiger partial charge in [-0.2, -0.15) is 0 Å². The van der Waals surface area contributed by atoms with Crippen LogP contribution in [0.2, 0.25) is 0 Å². The molecular weight excluding hydrogens is 244 g/mol. The minimum Gasteiger partial charge on any atom is -0.411 e. The topological polar surface area (TPSA) is 38.9 Å². The minimum absolute atomic E-state index is 0.408. The van der Waals surface area contributed by atoms with Crippen LogP contribution in [-0.4, -0.2) is 10.2 Å². The smallest absolute Gasteiger partial charge is 0.285 e. The molecule has 0 aliphatic heterocycles. The molecule has 2 aromatic rings. The second-order valence-corrected chi connectivity index (χ2v) is 3.84. The predicted octanol–water partition coefficient (Wildman–Crippen LogP) is 3.12. The molecule has 1 heterocycles. The number of rotatable bonds is 1. The van der Waals surface area contributed by atoms with Crippen LogP contribution in [-0.2, 0) is 0 Å². The Morgan fingerprint density at radius 1 is 1.14 bits per heavy atom. The largest absolute Gasteiger partial charge is 0.411 e. The highest BCUT2D eigenvalue weighted by atomic mass is 79.9. The first-order valence-electron chi connectivity index (χ1n) is 4.23. The molecule has 0 atom stereocenters. The summed E-state index contributed by atoms with van der Waals surface area (Å²) in [5.41, 5.74) is 3.43. The maximum absolute atomic E-state index is 5.26. The van der Waals surface area contributed by atoms with Gasteiger partial charge in [-0.25, -0.2) is 0 Å². The molecule has 0 amide bonds. The molecule has 3 nitrogen and oxygen atoms in total. The van der Waals surface area contributed by atoms with Crippen molar-refractivity contribution >= 4 is 15.9 Å². The standard InChI is InChI=1S/C10H9BrN2O/c1-6-3-4-8(5-7(6)2)9-12-13-10(11)14-9/h3-5H,1-2H3. The Labute approximate surface area is 90.3 Å². The first-order valence-corrected chi connectivity index (χ1v) is 5.03. The van der Waals surface area contributed by atoms with Gasteiger partial charge in [-0.3, -0.25) is 0 Å². The van der Waals surface area contributed by atoms with Gasteiger partial charge in [0, 0.05) is 21.5 Å². The van der Waals surface area contributed by atoms with Crippen molar-refractivity contribution in [2.45, 2.75) is 13.8 Å². The van der Waals surface area contributed by atoms with E-state index in [9.17, 15) is 0 Å². The molecule has 0 unspecified atom stereocenters. The molecule has 0 spiro atoms. The van der Waals surface area contributed by atoms with Crippen molar-refractivity contribution in [3.05, 3.63) is 34.1 Å². The Morgan fingerprint density at radius 3 is 2.50 bits per heavy atom. The normalized spacial score (nSPS) is 10.5. The van der Waals surface area contributed by atoms with E-state index in [0.717, 1.165) is 5.56 Å². The zero-order valence-electron chi connectivity index (χ0n) is 7.91. The summed E-state index contributed by atoms with van der Waals surface area (Å²) in [6.07, 6.45) is 0. The van der Waals surface area contributed by atoms with E-state index in [1.54, 1.807) is 0 Å². The maximum Gasteiger partial charge on any atom is 0.285 e. The van der Waals surface area contributed by atoms with Gasteiger partial charge >= 0.3 is 0 Å². The summed E-state index contributed by atoms with van der Waals surface area (Å²) in [6.45, 7) is 4.13. The van der Waals surface area contributed by atoms with Gasteiger partial charge < -0.3 is 4.42 Å². The van der Waals surface area contributed by atoms with Crippen molar-refractivity contribution in [1.29, 1.82) is 0 Å². The van der Waals surface area contributed by atoms with Crippen LogP contribution in [0.4, 0.5) is 0 Å². The molecule has 0 saturated carbocycles. The molecule has 14 heavy (non-hydrogen) atoms. The average Bonchev–Trinajstić information content (AvgIpc) is 2.57. The molecule has 1 aromatic heterocycles. The lowest BCUT2D eigenvalue weighted by molar-refractivity contribution is 0.540. The van der Waals surface area contributed by atoms with Crippen molar-refractivity contribution in [3.63, 3.8) is 0 Å². The third kappa shape index (κ3) is 1.70. The van der Waals surface area contributed by atoms with E-state index < -0.39 is 0 Å². The van der Waals surface area contributed by atoms with Gasteiger partial charge in [0.05, 0.1) is 0 Å². The van der Waals surface area contributed by atoms with E-state index >= 15 is 0 Å². The van der Waals surface area contributed by atoms with Crippen LogP contribution < -0.4 is 0 Å². The molecule has 0 aliphatic rings. The van der Waals surface area contributed by atoms with Crippen LogP contribution >= 0.6 is 15.9 Å². The number of hydrogen-bond donors (Lipinski definition) is 0. The van der Waals surface area contributed by atoms with Crippen LogP contribution in [0.15, 0.2) is 27.4 Å². The zero-order valence-corrected chi connectivity index (χ0v) is 9.50. The van der Waals surface area contributed by atoms with Crippen molar-refractivity contribution in [3.8, 4) is 11.5 Å². The molecule has 0 saturated heterocycles. The Bertz CT molecular complexity index is 465. The van der Waals surface area contributed by atoms with Gasteiger partial charge in [0.15, 0.2) is 0 Å². The SMILES string of the molecule is Cc1ccc(-c2nnc(Br)o2)cc1C. The molecular formula is C10H9BrN2O. The number of aryl methyl sites for hydroxylation is 2. The van der Waals surface area contributed by atoms with Crippen molar-refractivity contribution in [2.75, 3.05) is 0 Å². The number of benzene rings is 1. The van der Waals surface area contributed by atoms with E-state index in [1.807, 2.05) is 18.2 Å². The summed E-state index contributed by atoms with van der Waals surface area (Å²) in [7, 11) is 0. The lowest BCUT2D eigenvalue weighted by Crippen LogP contribution is -1.83. The summed E-state index contributed by atoms with van der Waals surface area (Å²) >= 11 is 3.12. The number of halogens is 1. The maximum atomic E-state index is 5.26. The van der Waals surface area contributed by atoms with Crippen LogP contribution in [0.5, 0.6) is 0 Å². The summed E-state index contributed by atoms with van der Waals surface area (Å²) < 4.78 is 5.26. The van der Waals surface area contributed by atoms with Crippen molar-refractivity contribution in [1.82, 2.24) is 10.2 Å². The monoisotopic (exact) mass is 252 g/mol. The summed E-state index contributed by atoms with van der Waals surface area (Å²) in [4.78, 5) is 0.408. The van der Waals surface area contributed by atoms with E-state index in [1.165, 1.54) is 11.1 Å². The third-order valence-corrected chi connectivity index (χ3v) is 2.47. The third-order valence-electron chi connectivity index (χ3n) is 2.15. The summed E-state index contributed by atoms with van der Waals surface area (Å²) in [5, 5.41) is 7.64. The number of nitrogens with zero attached hydrogens (tertiary/aromatic N) is 2. The fraction of sp³-hybridized carbons (Fsp3) is 0.200. The highest BCUT2D eigenvalue weighted by molar-refractivity contribution is 9.10. The molecule has 0 aliphatic carbocycles. The first kappa shape index (κ1) is 9.40. The second-order valence-electron chi connectivity index (χ2n) is 3.16. The van der Waals surface area contributed by atoms with Gasteiger partial charge in [-0.1, -0.05) is 6.07 Å². The lowest BCUT2D eigenvalue weighted by atomic mass is 10.1. The van der Waals surface area contributed by atoms with Gasteiger partial charge in [0.1, 0.15) is 0 Å². The highest BCUT2D eigenvalue weighted by Crippen LogP contribution is 2.22. The second kappa shape index (κ2) is 3.53. The molecule has 4 heteroatoms. The predicted molar refractivity (Wildman–Crippen MR) is 56.9 cm³/mol. The fourth-order valence-electron chi connectivity index (χ4n) is 1.20. The van der Waals surface area contributed by atoms with E-state index in [2.05, 4.69) is 40.0 Å². The van der Waals surface area contributed by atoms with Gasteiger partial charge in [-0.15, -0.1) is 10.2 Å². The summed E-state index contributed by atoms with van der Waals surface area (Å²) in [6, 6.07) is 6.06. The minimum atomic E-state index is 0.408. The first-order chi connectivity index (χ1) is 6.66. The van der Waals surface area contributed by atoms with Crippen LogP contribution in [0.25, 0.3) is 11.5 Å². The Kier molecular flexibility index (Phi) is 2.37. The van der Waals surface area contributed by atoms with Crippen molar-refractivity contribution < 1.29 is 4.42 Å². The van der Waals surface area contributed by atoms with E-state index in [0.29, 0.717) is 10.7 Å². The Morgan fingerprint density at radius 2 is 1.93 bits per heavy atom. The highest BCUT2D eigenvalue weighted by Gasteiger charge is 2.06. The quantitative estimate of drug-likeness (QED) is 0.783. The summed E-state index contributed by atoms with van der Waals surface area (Å²) in [5.74, 6) is 0.542. The Hall–Kier alpha value is -1.16. The molecule has 0 radical (unpaired) electrons. The average molecular weight is 253 g/mol. The zero-order chi connectivity index (χ0) is 10.1. The molecule has 72 valence electrons. The molecule has 0 N–H and O–H groups in total. The lowest BCUT2D eigenvalue weighted by Gasteiger charge is -2.00. The Balaban J connectivity index is 2.47. The van der Waals surface area contributed by atoms with E-state index in [4.69, 9.17) is 4.42 Å². The van der Waals surface area contributed by atoms with Gasteiger partial charge in [-0.05, 0) is 37.1 Å². The molecule has 2 rings (SSSR count). The van der Waals surface area contributed by atoms with E-state index in [-0.39, 0.29) is 0 Å². The number of hydrogen-bond acceptors (Lipinski definition) is 3. The van der Waals surface area contributed by atoms with Crippen LogP contribution in [0.1, 0.15) is 11.1 Å². The van der Waals surface area contributed by atoms with Gasteiger partial charge in [0.25, 0.3) is 4.80 Å². The molecule has 0 fully saturated rings. The van der Waals surface area contributed by atoms with Gasteiger partial charge in [0.2, 0.25) is 5.89 Å². The molecule has 0 bridgehead atoms. The molecule has 1 aromatic carbocycles. The number of aromatic nitrogens is 2. The van der Waals surface area contributed by atoms with Crippen molar-refractivity contribution in [2.24, 2.45) is 0 Å². The van der Waals surface area contributed by atoms with Crippen LogP contribution in [0.3, 0.4) is 0 Å². The van der Waals surface area contributed by atoms with Crippen LogP contribution in [0, 0.1) is 13.8 Å².